The van der Waals surface area contributed by atoms with Crippen molar-refractivity contribution in [2.24, 2.45) is 0 Å². The van der Waals surface area contributed by atoms with E-state index in [9.17, 15) is 4.79 Å². The molecule has 0 amide bonds. The predicted octanol–water partition coefficient (Wildman–Crippen LogP) is 0.583. The maximum Gasteiger partial charge on any atom is 0.258 e. The molecule has 1 saturated heterocycles. The van der Waals surface area contributed by atoms with Crippen LogP contribution in [0.1, 0.15) is 43.8 Å². The molecule has 28 heavy (non-hydrogen) atoms. The molecular formula is C20H27N6O2+. The average molecular weight is 383 g/mol. The van der Waals surface area contributed by atoms with Gasteiger partial charge in [-0.2, -0.15) is 0 Å². The van der Waals surface area contributed by atoms with Gasteiger partial charge in [-0.3, -0.25) is 4.79 Å². The number of aromatic amines is 1. The van der Waals surface area contributed by atoms with E-state index in [4.69, 9.17) is 4.74 Å². The highest BCUT2D eigenvalue weighted by molar-refractivity contribution is 5.82. The van der Waals surface area contributed by atoms with Crippen molar-refractivity contribution in [2.75, 3.05) is 26.3 Å². The Hall–Kier alpha value is -2.58. The molecule has 2 N–H and O–H groups in total. The van der Waals surface area contributed by atoms with E-state index in [0.29, 0.717) is 24.6 Å². The van der Waals surface area contributed by atoms with E-state index in [0.717, 1.165) is 29.6 Å². The molecule has 0 bridgehead atoms. The average Bonchev–Trinajstić information content (AvgIpc) is 3.14. The summed E-state index contributed by atoms with van der Waals surface area (Å²) in [6.45, 7) is 11.1. The molecule has 0 spiro atoms. The predicted molar refractivity (Wildman–Crippen MR) is 105 cm³/mol. The van der Waals surface area contributed by atoms with Gasteiger partial charge in [0.25, 0.3) is 5.56 Å². The van der Waals surface area contributed by atoms with Crippen LogP contribution in [0.2, 0.25) is 0 Å². The highest BCUT2D eigenvalue weighted by Crippen LogP contribution is 2.23. The van der Waals surface area contributed by atoms with Gasteiger partial charge >= 0.3 is 0 Å². The number of aryl methyl sites for hydroxylation is 1. The summed E-state index contributed by atoms with van der Waals surface area (Å²) in [4.78, 5) is 17.5. The number of para-hydroxylation sites is 1. The molecule has 1 atom stereocenters. The number of tetrazole rings is 1. The number of hydrogen-bond donors (Lipinski definition) is 2. The third-order valence-electron chi connectivity index (χ3n) is 5.36. The van der Waals surface area contributed by atoms with Crippen LogP contribution in [0.25, 0.3) is 10.9 Å². The van der Waals surface area contributed by atoms with E-state index in [2.05, 4.69) is 41.3 Å². The quantitative estimate of drug-likeness (QED) is 0.691. The molecule has 0 saturated carbocycles. The molecule has 1 fully saturated rings. The van der Waals surface area contributed by atoms with Crippen LogP contribution in [0.3, 0.4) is 0 Å². The zero-order valence-electron chi connectivity index (χ0n) is 16.8. The van der Waals surface area contributed by atoms with Crippen LogP contribution in [0.5, 0.6) is 0 Å². The van der Waals surface area contributed by atoms with E-state index < -0.39 is 0 Å². The lowest BCUT2D eigenvalue weighted by Gasteiger charge is -2.32. The van der Waals surface area contributed by atoms with Crippen molar-refractivity contribution in [1.82, 2.24) is 25.2 Å². The molecule has 8 nitrogen and oxygen atoms in total. The Morgan fingerprint density at radius 2 is 2.00 bits per heavy atom. The molecule has 2 aromatic heterocycles. The van der Waals surface area contributed by atoms with Crippen molar-refractivity contribution >= 4 is 10.9 Å². The largest absolute Gasteiger partial charge is 0.370 e. The fraction of sp³-hybridized carbons (Fsp3) is 0.500. The van der Waals surface area contributed by atoms with E-state index in [1.54, 1.807) is 0 Å². The molecule has 1 aliphatic heterocycles. The van der Waals surface area contributed by atoms with Crippen LogP contribution in [-0.4, -0.2) is 51.5 Å². The Bertz CT molecular complexity index is 1040. The van der Waals surface area contributed by atoms with Gasteiger partial charge in [0.2, 0.25) is 5.82 Å². The number of aromatic nitrogens is 5. The normalized spacial score (nSPS) is 17.1. The monoisotopic (exact) mass is 383 g/mol. The molecule has 0 aliphatic carbocycles. The van der Waals surface area contributed by atoms with Crippen LogP contribution in [0.4, 0.5) is 0 Å². The Labute approximate surface area is 163 Å². The van der Waals surface area contributed by atoms with Gasteiger partial charge in [-0.1, -0.05) is 18.2 Å². The number of pyridine rings is 1. The molecule has 148 valence electrons. The highest BCUT2D eigenvalue weighted by atomic mass is 16.5. The molecular weight excluding hydrogens is 356 g/mol. The molecule has 8 heteroatoms. The number of quaternary nitrogens is 1. The maximum atomic E-state index is 13.1. The molecule has 3 aromatic rings. The zero-order valence-corrected chi connectivity index (χ0v) is 16.8. The summed E-state index contributed by atoms with van der Waals surface area (Å²) in [5.41, 5.74) is 2.24. The summed E-state index contributed by atoms with van der Waals surface area (Å²) < 4.78 is 7.38. The van der Waals surface area contributed by atoms with Crippen molar-refractivity contribution in [3.05, 3.63) is 51.6 Å². The van der Waals surface area contributed by atoms with E-state index in [-0.39, 0.29) is 17.1 Å². The minimum atomic E-state index is -0.289. The third kappa shape index (κ3) is 3.33. The van der Waals surface area contributed by atoms with Crippen molar-refractivity contribution in [1.29, 1.82) is 0 Å². The summed E-state index contributed by atoms with van der Waals surface area (Å²) in [7, 11) is 0. The molecule has 0 radical (unpaired) electrons. The Kier molecular flexibility index (Phi) is 4.76. The molecule has 1 aromatic carbocycles. The van der Waals surface area contributed by atoms with Crippen LogP contribution in [0.15, 0.2) is 29.1 Å². The second-order valence-electron chi connectivity index (χ2n) is 8.42. The number of nitrogens with zero attached hydrogens (tertiary/aromatic N) is 4. The standard InChI is InChI=1S/C20H26N6O2/c1-13-6-5-7-14-12-15(19(27)21-16(13)14)17(25-8-10-28-11-9-25)18-22-23-24-26(18)20(2,3)4/h5-7,12,17H,8-11H2,1-4H3,(H,21,27)/p+1/t17-/m0/s1. The lowest BCUT2D eigenvalue weighted by molar-refractivity contribution is -0.934. The van der Waals surface area contributed by atoms with Gasteiger partial charge in [-0.25, -0.2) is 4.68 Å². The second-order valence-corrected chi connectivity index (χ2v) is 8.42. The van der Waals surface area contributed by atoms with Gasteiger partial charge < -0.3 is 14.6 Å². The molecule has 1 aliphatic rings. The van der Waals surface area contributed by atoms with Crippen LogP contribution < -0.4 is 10.5 Å². The summed E-state index contributed by atoms with van der Waals surface area (Å²) in [5, 5.41) is 13.6. The summed E-state index contributed by atoms with van der Waals surface area (Å²) in [5.74, 6) is 0.710. The van der Waals surface area contributed by atoms with Crippen molar-refractivity contribution < 1.29 is 9.64 Å². The fourth-order valence-corrected chi connectivity index (χ4v) is 3.93. The molecule has 3 heterocycles. The minimum Gasteiger partial charge on any atom is -0.370 e. The van der Waals surface area contributed by atoms with E-state index in [1.807, 2.05) is 35.9 Å². The number of ether oxygens (including phenoxy) is 1. The van der Waals surface area contributed by atoms with Crippen molar-refractivity contribution in [2.45, 2.75) is 39.3 Å². The van der Waals surface area contributed by atoms with Gasteiger partial charge in [0.05, 0.1) is 29.8 Å². The van der Waals surface area contributed by atoms with Crippen LogP contribution in [-0.2, 0) is 10.3 Å². The first-order valence-corrected chi connectivity index (χ1v) is 9.70. The summed E-state index contributed by atoms with van der Waals surface area (Å²) >= 11 is 0. The van der Waals surface area contributed by atoms with Crippen molar-refractivity contribution in [3.63, 3.8) is 0 Å². The van der Waals surface area contributed by atoms with E-state index in [1.165, 1.54) is 4.90 Å². The lowest BCUT2D eigenvalue weighted by Crippen LogP contribution is -3.14. The number of morpholine rings is 1. The SMILES string of the molecule is Cc1cccc2cc([C@@H](c3nnnn3C(C)(C)C)[NH+]3CCOCC3)c(=O)[nH]c12. The van der Waals surface area contributed by atoms with Gasteiger partial charge in [-0.15, -0.1) is 5.10 Å². The first-order chi connectivity index (χ1) is 13.4. The topological polar surface area (TPSA) is 90.1 Å². The zero-order chi connectivity index (χ0) is 19.9. The summed E-state index contributed by atoms with van der Waals surface area (Å²) in [6.07, 6.45) is 0. The number of hydrogen-bond acceptors (Lipinski definition) is 5. The summed E-state index contributed by atoms with van der Waals surface area (Å²) in [6, 6.07) is 7.78. The first-order valence-electron chi connectivity index (χ1n) is 9.70. The Morgan fingerprint density at radius 1 is 1.25 bits per heavy atom. The van der Waals surface area contributed by atoms with E-state index >= 15 is 0 Å². The molecule has 0 unspecified atom stereocenters. The minimum absolute atomic E-state index is 0.0887. The Balaban J connectivity index is 1.92. The van der Waals surface area contributed by atoms with Crippen molar-refractivity contribution in [3.8, 4) is 0 Å². The third-order valence-corrected chi connectivity index (χ3v) is 5.36. The van der Waals surface area contributed by atoms with Gasteiger partial charge in [-0.05, 0) is 55.1 Å². The number of fused-ring (bicyclic) bond motifs is 1. The smallest absolute Gasteiger partial charge is 0.258 e. The highest BCUT2D eigenvalue weighted by Gasteiger charge is 2.37. The number of nitrogens with one attached hydrogen (secondary N) is 2. The first kappa shape index (κ1) is 18.8. The maximum absolute atomic E-state index is 13.1. The van der Waals surface area contributed by atoms with Gasteiger partial charge in [0, 0.05) is 0 Å². The second kappa shape index (κ2) is 7.10. The number of H-pyrrole nitrogens is 1. The van der Waals surface area contributed by atoms with Gasteiger partial charge in [0.15, 0.2) is 6.04 Å². The molecule has 4 rings (SSSR count). The van der Waals surface area contributed by atoms with Crippen LogP contribution >= 0.6 is 0 Å². The lowest BCUT2D eigenvalue weighted by atomic mass is 10.0. The number of benzene rings is 1. The number of rotatable bonds is 3. The fourth-order valence-electron chi connectivity index (χ4n) is 3.93. The van der Waals surface area contributed by atoms with Gasteiger partial charge in [0.1, 0.15) is 13.1 Å². The van der Waals surface area contributed by atoms with Crippen LogP contribution in [0, 0.1) is 6.92 Å². The Morgan fingerprint density at radius 3 is 2.71 bits per heavy atom.